The molecule has 0 atom stereocenters. The van der Waals surface area contributed by atoms with Crippen LogP contribution in [0.2, 0.25) is 0 Å². The predicted molar refractivity (Wildman–Crippen MR) is 87.7 cm³/mol. The Morgan fingerprint density at radius 1 is 1.57 bits per heavy atom. The lowest BCUT2D eigenvalue weighted by Gasteiger charge is -2.24. The molecule has 8 nitrogen and oxygen atoms in total. The maximum atomic E-state index is 12.4. The van der Waals surface area contributed by atoms with Gasteiger partial charge >= 0.3 is 0 Å². The fourth-order valence-electron chi connectivity index (χ4n) is 2.13. The van der Waals surface area contributed by atoms with Crippen LogP contribution in [0.3, 0.4) is 0 Å². The molecule has 8 heteroatoms. The molecule has 0 radical (unpaired) electrons. The summed E-state index contributed by atoms with van der Waals surface area (Å²) in [5.41, 5.74) is 8.26. The lowest BCUT2D eigenvalue weighted by molar-refractivity contribution is -0.127. The summed E-state index contributed by atoms with van der Waals surface area (Å²) in [6, 6.07) is 6.83. The lowest BCUT2D eigenvalue weighted by atomic mass is 9.93. The van der Waals surface area contributed by atoms with Gasteiger partial charge in [0.25, 0.3) is 0 Å². The van der Waals surface area contributed by atoms with Gasteiger partial charge in [-0.2, -0.15) is 10.4 Å². The summed E-state index contributed by atoms with van der Waals surface area (Å²) in [5, 5.41) is 19.8. The molecule has 1 aromatic rings. The molecule has 0 spiro atoms. The molecule has 2 rings (SSSR count). The second-order valence-electron chi connectivity index (χ2n) is 5.82. The molecule has 1 aromatic carbocycles. The minimum Gasteiger partial charge on any atom is -0.490 e. The average Bonchev–Trinajstić information content (AvgIpc) is 2.59. The standard InChI is InChI=1S/C15H18N6O2/c1-15(2)8-23-12-6-9(19-20-10(7-16)13(17)18)4-5-11(12)21(3)14(15)22/h4-6,19H,8H2,1-3H3,(H3,17,18)/b20-10+. The van der Waals surface area contributed by atoms with Crippen molar-refractivity contribution in [2.75, 3.05) is 24.0 Å². The van der Waals surface area contributed by atoms with E-state index in [9.17, 15) is 4.79 Å². The summed E-state index contributed by atoms with van der Waals surface area (Å²) in [7, 11) is 1.70. The maximum absolute atomic E-state index is 12.4. The van der Waals surface area contributed by atoms with E-state index in [0.29, 0.717) is 17.1 Å². The summed E-state index contributed by atoms with van der Waals surface area (Å²) in [5.74, 6) is 0.0874. The topological polar surface area (TPSA) is 128 Å². The summed E-state index contributed by atoms with van der Waals surface area (Å²) in [4.78, 5) is 13.9. The van der Waals surface area contributed by atoms with Crippen LogP contribution in [-0.4, -0.2) is 31.1 Å². The van der Waals surface area contributed by atoms with E-state index in [2.05, 4.69) is 10.5 Å². The second-order valence-corrected chi connectivity index (χ2v) is 5.82. The number of nitrogens with two attached hydrogens (primary N) is 1. The van der Waals surface area contributed by atoms with Gasteiger partial charge in [-0.05, 0) is 26.0 Å². The zero-order valence-corrected chi connectivity index (χ0v) is 13.2. The molecular weight excluding hydrogens is 296 g/mol. The Bertz CT molecular complexity index is 732. The monoisotopic (exact) mass is 314 g/mol. The Kier molecular flexibility index (Phi) is 4.22. The molecule has 120 valence electrons. The molecule has 1 heterocycles. The molecule has 0 bridgehead atoms. The zero-order valence-electron chi connectivity index (χ0n) is 13.2. The summed E-state index contributed by atoms with van der Waals surface area (Å²) in [6.07, 6.45) is 0. The predicted octanol–water partition coefficient (Wildman–Crippen LogP) is 1.30. The van der Waals surface area contributed by atoms with Gasteiger partial charge in [0.05, 0.1) is 16.8 Å². The van der Waals surface area contributed by atoms with Crippen LogP contribution in [0, 0.1) is 22.2 Å². The Labute approximate surface area is 134 Å². The van der Waals surface area contributed by atoms with Crippen LogP contribution >= 0.6 is 0 Å². The number of carbonyl (C=O) groups excluding carboxylic acids is 1. The first-order valence-corrected chi connectivity index (χ1v) is 6.89. The number of hydrogen-bond acceptors (Lipinski definition) is 6. The Morgan fingerprint density at radius 2 is 2.26 bits per heavy atom. The number of hydrogen-bond donors (Lipinski definition) is 3. The van der Waals surface area contributed by atoms with Crippen molar-refractivity contribution < 1.29 is 9.53 Å². The molecule has 1 aliphatic rings. The molecular formula is C15H18N6O2. The van der Waals surface area contributed by atoms with Gasteiger partial charge in [-0.1, -0.05) is 0 Å². The number of carbonyl (C=O) groups is 1. The van der Waals surface area contributed by atoms with E-state index in [1.807, 2.05) is 13.8 Å². The normalized spacial score (nSPS) is 16.7. The average molecular weight is 314 g/mol. The van der Waals surface area contributed by atoms with Crippen LogP contribution in [0.5, 0.6) is 5.75 Å². The van der Waals surface area contributed by atoms with Gasteiger partial charge < -0.3 is 15.4 Å². The number of benzene rings is 1. The molecule has 0 fully saturated rings. The van der Waals surface area contributed by atoms with Gasteiger partial charge in [0.2, 0.25) is 11.6 Å². The summed E-state index contributed by atoms with van der Waals surface area (Å²) in [6.45, 7) is 3.91. The Balaban J connectivity index is 2.31. The number of anilines is 2. The quantitative estimate of drug-likeness (QED) is 0.440. The van der Waals surface area contributed by atoms with E-state index in [-0.39, 0.29) is 18.2 Å². The van der Waals surface area contributed by atoms with E-state index in [0.717, 1.165) is 0 Å². The first kappa shape index (κ1) is 16.3. The Hall–Kier alpha value is -3.08. The number of nitrogens with zero attached hydrogens (tertiary/aromatic N) is 3. The van der Waals surface area contributed by atoms with Crippen molar-refractivity contribution in [2.45, 2.75) is 13.8 Å². The van der Waals surface area contributed by atoms with Gasteiger partial charge in [0, 0.05) is 13.1 Å². The third kappa shape index (κ3) is 3.23. The van der Waals surface area contributed by atoms with E-state index in [1.165, 1.54) is 0 Å². The SMILES string of the molecule is CN1C(=O)C(C)(C)COc2cc(N/N=C(\C#N)C(=N)N)ccc21. The van der Waals surface area contributed by atoms with Gasteiger partial charge in [0.1, 0.15) is 18.4 Å². The van der Waals surface area contributed by atoms with Gasteiger partial charge in [-0.15, -0.1) is 0 Å². The smallest absolute Gasteiger partial charge is 0.235 e. The van der Waals surface area contributed by atoms with E-state index in [1.54, 1.807) is 36.2 Å². The second kappa shape index (κ2) is 5.96. The fourth-order valence-corrected chi connectivity index (χ4v) is 2.13. The number of hydrazone groups is 1. The molecule has 1 aliphatic heterocycles. The van der Waals surface area contributed by atoms with E-state index >= 15 is 0 Å². The lowest BCUT2D eigenvalue weighted by Crippen LogP contribution is -2.39. The molecule has 23 heavy (non-hydrogen) atoms. The maximum Gasteiger partial charge on any atom is 0.235 e. The van der Waals surface area contributed by atoms with Crippen molar-refractivity contribution in [3.63, 3.8) is 0 Å². The largest absolute Gasteiger partial charge is 0.490 e. The highest BCUT2D eigenvalue weighted by Crippen LogP contribution is 2.37. The van der Waals surface area contributed by atoms with Crippen LogP contribution < -0.4 is 20.8 Å². The van der Waals surface area contributed by atoms with Crippen molar-refractivity contribution in [1.29, 1.82) is 10.7 Å². The number of ether oxygens (including phenoxy) is 1. The summed E-state index contributed by atoms with van der Waals surface area (Å²) < 4.78 is 5.74. The third-order valence-electron chi connectivity index (χ3n) is 3.45. The first-order chi connectivity index (χ1) is 10.8. The van der Waals surface area contributed by atoms with Crippen molar-refractivity contribution in [3.8, 4) is 11.8 Å². The minimum atomic E-state index is -0.623. The van der Waals surface area contributed by atoms with Crippen LogP contribution in [0.4, 0.5) is 11.4 Å². The highest BCUT2D eigenvalue weighted by molar-refractivity contribution is 6.45. The van der Waals surface area contributed by atoms with Crippen LogP contribution in [0.1, 0.15) is 13.8 Å². The number of amidine groups is 1. The molecule has 0 unspecified atom stereocenters. The van der Waals surface area contributed by atoms with Crippen LogP contribution in [0.25, 0.3) is 0 Å². The van der Waals surface area contributed by atoms with Gasteiger partial charge in [-0.25, -0.2) is 0 Å². The zero-order chi connectivity index (χ0) is 17.2. The fraction of sp³-hybridized carbons (Fsp3) is 0.333. The number of nitriles is 1. The molecule has 0 aliphatic carbocycles. The van der Waals surface area contributed by atoms with Gasteiger partial charge in [-0.3, -0.25) is 15.6 Å². The molecule has 0 saturated carbocycles. The third-order valence-corrected chi connectivity index (χ3v) is 3.45. The van der Waals surface area contributed by atoms with E-state index in [4.69, 9.17) is 21.1 Å². The van der Waals surface area contributed by atoms with Crippen molar-refractivity contribution in [2.24, 2.45) is 16.3 Å². The van der Waals surface area contributed by atoms with Crippen molar-refractivity contribution in [1.82, 2.24) is 0 Å². The van der Waals surface area contributed by atoms with Crippen molar-refractivity contribution >= 4 is 28.8 Å². The number of fused-ring (bicyclic) bond motifs is 1. The first-order valence-electron chi connectivity index (χ1n) is 6.89. The number of rotatable bonds is 3. The highest BCUT2D eigenvalue weighted by Gasteiger charge is 2.36. The molecule has 4 N–H and O–H groups in total. The molecule has 0 saturated heterocycles. The van der Waals surface area contributed by atoms with E-state index < -0.39 is 11.3 Å². The van der Waals surface area contributed by atoms with Crippen LogP contribution in [-0.2, 0) is 4.79 Å². The van der Waals surface area contributed by atoms with Crippen molar-refractivity contribution in [3.05, 3.63) is 18.2 Å². The van der Waals surface area contributed by atoms with Gasteiger partial charge in [0.15, 0.2) is 5.84 Å². The highest BCUT2D eigenvalue weighted by atomic mass is 16.5. The van der Waals surface area contributed by atoms with Crippen LogP contribution in [0.15, 0.2) is 23.3 Å². The minimum absolute atomic E-state index is 0.0293. The molecule has 0 aromatic heterocycles. The Morgan fingerprint density at radius 3 is 2.87 bits per heavy atom. The molecule has 1 amide bonds. The summed E-state index contributed by atoms with van der Waals surface area (Å²) >= 11 is 0. The number of amides is 1. The number of nitrogens with one attached hydrogen (secondary N) is 2.